The molecule has 5 nitrogen and oxygen atoms in total. The van der Waals surface area contributed by atoms with Gasteiger partial charge in [0, 0.05) is 12.4 Å². The van der Waals surface area contributed by atoms with Gasteiger partial charge in [-0.15, -0.1) is 11.6 Å². The number of nitrogens with zero attached hydrogens (tertiary/aromatic N) is 1. The summed E-state index contributed by atoms with van der Waals surface area (Å²) in [4.78, 5) is 15.3. The maximum atomic E-state index is 10.8. The van der Waals surface area contributed by atoms with Gasteiger partial charge >= 0.3 is 6.09 Å². The largest absolute Gasteiger partial charge is 0.433 e. The number of halogens is 1. The molecule has 0 unspecified atom stereocenters. The van der Waals surface area contributed by atoms with E-state index in [4.69, 9.17) is 16.3 Å². The summed E-state index contributed by atoms with van der Waals surface area (Å²) >= 11 is 6.75. The number of hydrogen-bond donors (Lipinski definition) is 1. The van der Waals surface area contributed by atoms with Gasteiger partial charge in [0.05, 0.1) is 12.5 Å². The molecule has 1 amide bonds. The van der Waals surface area contributed by atoms with Gasteiger partial charge in [-0.3, -0.25) is 4.84 Å². The molecule has 13 heavy (non-hydrogen) atoms. The zero-order valence-corrected chi connectivity index (χ0v) is 8.36. The van der Waals surface area contributed by atoms with E-state index in [2.05, 4.69) is 15.3 Å². The highest BCUT2D eigenvalue weighted by Gasteiger charge is 2.10. The van der Waals surface area contributed by atoms with Crippen molar-refractivity contribution in [2.75, 3.05) is 25.0 Å². The van der Waals surface area contributed by atoms with Crippen LogP contribution < -0.4 is 5.32 Å². The number of rotatable bonds is 3. The Kier molecular flexibility index (Phi) is 4.95. The van der Waals surface area contributed by atoms with Gasteiger partial charge in [0.2, 0.25) is 0 Å². The molecule has 0 bridgehead atoms. The molecule has 74 valence electrons. The van der Waals surface area contributed by atoms with Crippen LogP contribution in [0.25, 0.3) is 0 Å². The fourth-order valence-corrected chi connectivity index (χ4v) is 1.26. The average molecular weight is 225 g/mol. The molecule has 1 fully saturated rings. The Morgan fingerprint density at radius 1 is 1.85 bits per heavy atom. The maximum Gasteiger partial charge on any atom is 0.433 e. The van der Waals surface area contributed by atoms with E-state index in [-0.39, 0.29) is 0 Å². The molecule has 0 atom stereocenters. The Morgan fingerprint density at radius 2 is 2.69 bits per heavy atom. The summed E-state index contributed by atoms with van der Waals surface area (Å²) in [6.45, 7) is 0.780. The minimum Gasteiger partial charge on any atom is -0.363 e. The van der Waals surface area contributed by atoms with E-state index in [0.717, 1.165) is 0 Å². The van der Waals surface area contributed by atoms with Gasteiger partial charge in [0.15, 0.2) is 0 Å². The molecule has 0 aromatic carbocycles. The Morgan fingerprint density at radius 3 is 3.31 bits per heavy atom. The highest BCUT2D eigenvalue weighted by atomic mass is 35.5. The third-order valence-electron chi connectivity index (χ3n) is 1.13. The summed E-state index contributed by atoms with van der Waals surface area (Å²) in [7, 11) is 0. The SMILES string of the molecule is O=C(NCCCl)O/N=C1\COCS1. The predicted octanol–water partition coefficient (Wildman–Crippen LogP) is 0.986. The van der Waals surface area contributed by atoms with Crippen LogP contribution >= 0.6 is 23.4 Å². The van der Waals surface area contributed by atoms with Crippen LogP contribution in [-0.4, -0.2) is 36.1 Å². The number of carbonyl (C=O) groups is 1. The molecule has 1 heterocycles. The molecular formula is C6H9ClN2O3S. The lowest BCUT2D eigenvalue weighted by molar-refractivity contribution is 0.150. The summed E-state index contributed by atoms with van der Waals surface area (Å²) in [5.74, 6) is 0.912. The molecule has 1 rings (SSSR count). The van der Waals surface area contributed by atoms with Crippen molar-refractivity contribution in [2.24, 2.45) is 5.16 Å². The Labute approximate surface area is 84.8 Å². The predicted molar refractivity (Wildman–Crippen MR) is 51.0 cm³/mol. The van der Waals surface area contributed by atoms with Gasteiger partial charge in [-0.25, -0.2) is 4.79 Å². The van der Waals surface area contributed by atoms with Crippen molar-refractivity contribution in [2.45, 2.75) is 0 Å². The van der Waals surface area contributed by atoms with Crippen LogP contribution in [0.2, 0.25) is 0 Å². The molecule has 0 aliphatic carbocycles. The molecule has 7 heteroatoms. The molecule has 0 radical (unpaired) electrons. The van der Waals surface area contributed by atoms with Crippen LogP contribution in [0.4, 0.5) is 4.79 Å². The second-order valence-electron chi connectivity index (χ2n) is 2.09. The standard InChI is InChI=1S/C6H9ClN2O3S/c7-1-2-8-6(10)12-9-5-3-11-4-13-5/h1-4H2,(H,8,10)/b9-5+. The number of nitrogens with one attached hydrogen (secondary N) is 1. The lowest BCUT2D eigenvalue weighted by Crippen LogP contribution is -2.24. The summed E-state index contributed by atoms with van der Waals surface area (Å²) in [6, 6.07) is 0. The van der Waals surface area contributed by atoms with E-state index in [1.807, 2.05) is 0 Å². The number of hydrogen-bond acceptors (Lipinski definition) is 5. The Balaban J connectivity index is 2.16. The first kappa shape index (κ1) is 10.6. The molecule has 0 saturated carbocycles. The van der Waals surface area contributed by atoms with Gasteiger partial charge in [-0.1, -0.05) is 16.9 Å². The average Bonchev–Trinajstić information content (AvgIpc) is 2.64. The van der Waals surface area contributed by atoms with Crippen LogP contribution in [0, 0.1) is 0 Å². The van der Waals surface area contributed by atoms with Gasteiger partial charge < -0.3 is 10.1 Å². The molecule has 0 spiro atoms. The quantitative estimate of drug-likeness (QED) is 0.441. The molecule has 1 aliphatic heterocycles. The number of thioether (sulfide) groups is 1. The maximum absolute atomic E-state index is 10.8. The third-order valence-corrected chi connectivity index (χ3v) is 2.13. The van der Waals surface area contributed by atoms with Crippen LogP contribution in [-0.2, 0) is 9.57 Å². The summed E-state index contributed by atoms with van der Waals surface area (Å²) in [5.41, 5.74) is 0. The highest BCUT2D eigenvalue weighted by Crippen LogP contribution is 2.12. The topological polar surface area (TPSA) is 59.9 Å². The lowest BCUT2D eigenvalue weighted by Gasteiger charge is -1.98. The smallest absolute Gasteiger partial charge is 0.363 e. The van der Waals surface area contributed by atoms with Crippen LogP contribution in [0.15, 0.2) is 5.16 Å². The van der Waals surface area contributed by atoms with Gasteiger partial charge in [0.25, 0.3) is 0 Å². The Hall–Kier alpha value is -0.460. The number of ether oxygens (including phenoxy) is 1. The zero-order valence-electron chi connectivity index (χ0n) is 6.79. The summed E-state index contributed by atoms with van der Waals surface area (Å²) in [5, 5.41) is 6.65. The lowest BCUT2D eigenvalue weighted by atomic mass is 10.7. The van der Waals surface area contributed by atoms with Crippen molar-refractivity contribution in [1.29, 1.82) is 0 Å². The van der Waals surface area contributed by atoms with E-state index in [1.54, 1.807) is 0 Å². The van der Waals surface area contributed by atoms with Crippen LogP contribution in [0.5, 0.6) is 0 Å². The molecule has 0 aromatic heterocycles. The van der Waals surface area contributed by atoms with Crippen molar-refractivity contribution in [3.63, 3.8) is 0 Å². The van der Waals surface area contributed by atoms with E-state index < -0.39 is 6.09 Å². The molecule has 0 aromatic rings. The van der Waals surface area contributed by atoms with E-state index in [1.165, 1.54) is 11.8 Å². The minimum absolute atomic E-state index is 0.351. The normalized spacial score (nSPS) is 19.0. The van der Waals surface area contributed by atoms with Crippen molar-refractivity contribution in [3.05, 3.63) is 0 Å². The second kappa shape index (κ2) is 6.06. The van der Waals surface area contributed by atoms with Crippen molar-refractivity contribution in [1.82, 2.24) is 5.32 Å². The summed E-state index contributed by atoms with van der Waals surface area (Å²) in [6.07, 6.45) is -0.597. The highest BCUT2D eigenvalue weighted by molar-refractivity contribution is 8.14. The molecule has 1 aliphatic rings. The van der Waals surface area contributed by atoms with Crippen molar-refractivity contribution >= 4 is 34.5 Å². The fourth-order valence-electron chi connectivity index (χ4n) is 0.607. The fraction of sp³-hybridized carbons (Fsp3) is 0.667. The van der Waals surface area contributed by atoms with E-state index >= 15 is 0 Å². The number of oxime groups is 1. The van der Waals surface area contributed by atoms with Crippen molar-refractivity contribution in [3.8, 4) is 0 Å². The number of alkyl halides is 1. The summed E-state index contributed by atoms with van der Waals surface area (Å²) < 4.78 is 4.97. The van der Waals surface area contributed by atoms with E-state index in [0.29, 0.717) is 30.0 Å². The minimum atomic E-state index is -0.597. The first-order valence-corrected chi connectivity index (χ1v) is 5.13. The van der Waals surface area contributed by atoms with Crippen LogP contribution in [0.3, 0.4) is 0 Å². The zero-order chi connectivity index (χ0) is 9.52. The second-order valence-corrected chi connectivity index (χ2v) is 3.46. The van der Waals surface area contributed by atoms with Crippen LogP contribution in [0.1, 0.15) is 0 Å². The molecule has 1 saturated heterocycles. The van der Waals surface area contributed by atoms with E-state index in [9.17, 15) is 4.79 Å². The first-order chi connectivity index (χ1) is 6.33. The van der Waals surface area contributed by atoms with Gasteiger partial charge in [0.1, 0.15) is 5.04 Å². The van der Waals surface area contributed by atoms with Crippen molar-refractivity contribution < 1.29 is 14.4 Å². The number of carbonyl (C=O) groups excluding carboxylic acids is 1. The Bertz CT molecular complexity index is 204. The van der Waals surface area contributed by atoms with Gasteiger partial charge in [-0.2, -0.15) is 0 Å². The molecule has 1 N–H and O–H groups in total. The first-order valence-electron chi connectivity index (χ1n) is 3.61. The molecular weight excluding hydrogens is 216 g/mol. The van der Waals surface area contributed by atoms with Gasteiger partial charge in [-0.05, 0) is 0 Å². The monoisotopic (exact) mass is 224 g/mol. The third kappa shape index (κ3) is 4.35. The number of amides is 1.